The van der Waals surface area contributed by atoms with Gasteiger partial charge in [-0.2, -0.15) is 0 Å². The van der Waals surface area contributed by atoms with Crippen molar-refractivity contribution in [2.45, 2.75) is 12.5 Å². The van der Waals surface area contributed by atoms with Crippen molar-refractivity contribution >= 4 is 13.8 Å². The quantitative estimate of drug-likeness (QED) is 0.352. The third-order valence-corrected chi connectivity index (χ3v) is 2.95. The maximum absolute atomic E-state index is 10.7. The zero-order valence-electron chi connectivity index (χ0n) is 9.28. The van der Waals surface area contributed by atoms with Crippen molar-refractivity contribution in [3.8, 4) is 0 Å². The van der Waals surface area contributed by atoms with E-state index in [9.17, 15) is 9.36 Å². The van der Waals surface area contributed by atoms with E-state index in [4.69, 9.17) is 14.9 Å². The third-order valence-electron chi connectivity index (χ3n) is 2.44. The number of phosphoric acid groups is 1. The van der Waals surface area contributed by atoms with Crippen molar-refractivity contribution in [3.05, 3.63) is 0 Å². The number of nitrogens with zero attached hydrogens (tertiary/aromatic N) is 1. The van der Waals surface area contributed by atoms with Crippen LogP contribution >= 0.6 is 7.82 Å². The minimum atomic E-state index is -4.39. The Hall–Kier alpha value is -0.500. The Balaban J connectivity index is 2.19. The second-order valence-corrected chi connectivity index (χ2v) is 5.06. The molecule has 0 aromatic carbocycles. The van der Waals surface area contributed by atoms with Gasteiger partial charge >= 0.3 is 13.8 Å². The first-order valence-corrected chi connectivity index (χ1v) is 6.80. The van der Waals surface area contributed by atoms with E-state index < -0.39 is 19.8 Å². The molecule has 0 unspecified atom stereocenters. The van der Waals surface area contributed by atoms with Crippen LogP contribution in [-0.2, 0) is 13.9 Å². The molecular formula is C8H17N2O6P. The lowest BCUT2D eigenvalue weighted by Crippen LogP contribution is -2.54. The molecule has 0 aliphatic carbocycles. The SMILES string of the molecule is O=C(O)[C@@H]1CN(CCCOP(=O)(O)O)CCN1. The van der Waals surface area contributed by atoms with Crippen LogP contribution in [0.1, 0.15) is 6.42 Å². The van der Waals surface area contributed by atoms with Crippen molar-refractivity contribution in [2.24, 2.45) is 0 Å². The number of carboxylic acid groups (broad SMARTS) is 1. The summed E-state index contributed by atoms with van der Waals surface area (Å²) in [6, 6.07) is -0.577. The van der Waals surface area contributed by atoms with Crippen molar-refractivity contribution in [2.75, 3.05) is 32.8 Å². The number of piperazine rings is 1. The van der Waals surface area contributed by atoms with Crippen molar-refractivity contribution in [1.29, 1.82) is 0 Å². The second-order valence-electron chi connectivity index (χ2n) is 3.82. The van der Waals surface area contributed by atoms with E-state index in [0.717, 1.165) is 6.54 Å². The van der Waals surface area contributed by atoms with Crippen LogP contribution in [0.5, 0.6) is 0 Å². The molecule has 1 heterocycles. The zero-order chi connectivity index (χ0) is 12.9. The third kappa shape index (κ3) is 6.11. The number of hydrogen-bond donors (Lipinski definition) is 4. The molecular weight excluding hydrogens is 251 g/mol. The highest BCUT2D eigenvalue weighted by Gasteiger charge is 2.24. The summed E-state index contributed by atoms with van der Waals surface area (Å²) in [4.78, 5) is 29.6. The summed E-state index contributed by atoms with van der Waals surface area (Å²) in [6.07, 6.45) is 0.456. The highest BCUT2D eigenvalue weighted by atomic mass is 31.2. The van der Waals surface area contributed by atoms with Crippen LogP contribution in [-0.4, -0.2) is 64.6 Å². The molecule has 0 amide bonds. The molecule has 1 atom stereocenters. The van der Waals surface area contributed by atoms with E-state index in [2.05, 4.69) is 9.84 Å². The molecule has 0 spiro atoms. The highest BCUT2D eigenvalue weighted by Crippen LogP contribution is 2.35. The minimum absolute atomic E-state index is 0.0358. The first-order valence-electron chi connectivity index (χ1n) is 5.27. The normalized spacial score (nSPS) is 22.6. The first-order chi connectivity index (χ1) is 7.88. The van der Waals surface area contributed by atoms with E-state index in [1.165, 1.54) is 0 Å². The fraction of sp³-hybridized carbons (Fsp3) is 0.875. The van der Waals surface area contributed by atoms with Gasteiger partial charge in [0, 0.05) is 26.2 Å². The van der Waals surface area contributed by atoms with E-state index in [1.54, 1.807) is 0 Å². The molecule has 1 aliphatic heterocycles. The van der Waals surface area contributed by atoms with Crippen LogP contribution in [0.15, 0.2) is 0 Å². The molecule has 0 saturated carbocycles. The number of phosphoric ester groups is 1. The van der Waals surface area contributed by atoms with Gasteiger partial charge in [0.15, 0.2) is 0 Å². The lowest BCUT2D eigenvalue weighted by molar-refractivity contribution is -0.140. The Morgan fingerprint density at radius 1 is 1.53 bits per heavy atom. The summed E-state index contributed by atoms with van der Waals surface area (Å²) in [5, 5.41) is 11.7. The zero-order valence-corrected chi connectivity index (χ0v) is 10.2. The molecule has 1 aliphatic rings. The number of nitrogens with one attached hydrogen (secondary N) is 1. The lowest BCUT2D eigenvalue weighted by Gasteiger charge is -2.31. The Morgan fingerprint density at radius 3 is 2.82 bits per heavy atom. The van der Waals surface area contributed by atoms with Gasteiger partial charge in [0.25, 0.3) is 0 Å². The number of hydrogen-bond acceptors (Lipinski definition) is 5. The molecule has 0 aromatic heterocycles. The molecule has 1 saturated heterocycles. The average molecular weight is 268 g/mol. The molecule has 17 heavy (non-hydrogen) atoms. The topological polar surface area (TPSA) is 119 Å². The van der Waals surface area contributed by atoms with Gasteiger partial charge in [-0.15, -0.1) is 0 Å². The smallest absolute Gasteiger partial charge is 0.469 e. The Morgan fingerprint density at radius 2 is 2.24 bits per heavy atom. The molecule has 1 rings (SSSR count). The standard InChI is InChI=1S/C8H17N2O6P/c11-8(12)7-6-10(4-2-9-7)3-1-5-16-17(13,14)15/h7,9H,1-6H2,(H,11,12)(H2,13,14,15)/t7-/m0/s1. The van der Waals surface area contributed by atoms with Crippen LogP contribution in [0.3, 0.4) is 0 Å². The number of carboxylic acids is 1. The largest absolute Gasteiger partial charge is 0.480 e. The Kier molecular flexibility index (Phi) is 5.51. The number of aliphatic carboxylic acids is 1. The number of carbonyl (C=O) groups is 1. The van der Waals surface area contributed by atoms with Gasteiger partial charge in [-0.05, 0) is 6.42 Å². The molecule has 0 radical (unpaired) electrons. The fourth-order valence-electron chi connectivity index (χ4n) is 1.65. The van der Waals surface area contributed by atoms with Gasteiger partial charge in [0.05, 0.1) is 6.61 Å². The molecule has 0 bridgehead atoms. The highest BCUT2D eigenvalue weighted by molar-refractivity contribution is 7.46. The molecule has 9 heteroatoms. The summed E-state index contributed by atoms with van der Waals surface area (Å²) in [7, 11) is -4.39. The minimum Gasteiger partial charge on any atom is -0.480 e. The van der Waals surface area contributed by atoms with Gasteiger partial charge in [-0.1, -0.05) is 0 Å². The van der Waals surface area contributed by atoms with Crippen LogP contribution < -0.4 is 5.32 Å². The van der Waals surface area contributed by atoms with Crippen molar-refractivity contribution in [3.63, 3.8) is 0 Å². The number of rotatable bonds is 6. The summed E-state index contributed by atoms with van der Waals surface area (Å²) in [6.45, 7) is 2.23. The summed E-state index contributed by atoms with van der Waals surface area (Å²) in [5.74, 6) is -0.888. The van der Waals surface area contributed by atoms with E-state index in [-0.39, 0.29) is 6.61 Å². The fourth-order valence-corrected chi connectivity index (χ4v) is 2.02. The molecule has 8 nitrogen and oxygen atoms in total. The molecule has 1 fully saturated rings. The van der Waals surface area contributed by atoms with Gasteiger partial charge in [0.2, 0.25) is 0 Å². The van der Waals surface area contributed by atoms with Gasteiger partial charge in [0.1, 0.15) is 6.04 Å². The Labute approximate surface area is 98.8 Å². The first kappa shape index (κ1) is 14.6. The van der Waals surface area contributed by atoms with Crippen LogP contribution in [0.4, 0.5) is 0 Å². The Bertz CT molecular complexity index is 306. The predicted octanol–water partition coefficient (Wildman–Crippen LogP) is -1.16. The van der Waals surface area contributed by atoms with Gasteiger partial charge in [-0.25, -0.2) is 4.57 Å². The van der Waals surface area contributed by atoms with E-state index in [0.29, 0.717) is 26.1 Å². The maximum Gasteiger partial charge on any atom is 0.469 e. The maximum atomic E-state index is 10.7. The predicted molar refractivity (Wildman–Crippen MR) is 58.5 cm³/mol. The van der Waals surface area contributed by atoms with Gasteiger partial charge < -0.3 is 20.2 Å². The van der Waals surface area contributed by atoms with E-state index in [1.807, 2.05) is 4.90 Å². The summed E-state index contributed by atoms with van der Waals surface area (Å²) >= 11 is 0. The summed E-state index contributed by atoms with van der Waals surface area (Å²) in [5.41, 5.74) is 0. The van der Waals surface area contributed by atoms with Crippen LogP contribution in [0.25, 0.3) is 0 Å². The van der Waals surface area contributed by atoms with Crippen LogP contribution in [0.2, 0.25) is 0 Å². The molecule has 100 valence electrons. The lowest BCUT2D eigenvalue weighted by atomic mass is 10.2. The van der Waals surface area contributed by atoms with Crippen LogP contribution in [0, 0.1) is 0 Å². The molecule has 0 aromatic rings. The van der Waals surface area contributed by atoms with Gasteiger partial charge in [-0.3, -0.25) is 14.2 Å². The van der Waals surface area contributed by atoms with E-state index >= 15 is 0 Å². The van der Waals surface area contributed by atoms with Crippen molar-refractivity contribution in [1.82, 2.24) is 10.2 Å². The molecule has 4 N–H and O–H groups in total. The second kappa shape index (κ2) is 6.44. The average Bonchev–Trinajstić information content (AvgIpc) is 2.23. The monoisotopic (exact) mass is 268 g/mol. The van der Waals surface area contributed by atoms with Crippen molar-refractivity contribution < 1.29 is 28.8 Å². The summed E-state index contributed by atoms with van der Waals surface area (Å²) < 4.78 is 14.7.